The van der Waals surface area contributed by atoms with E-state index in [9.17, 15) is 14.7 Å². The summed E-state index contributed by atoms with van der Waals surface area (Å²) in [5.74, 6) is -0.516. The molecule has 0 unspecified atom stereocenters. The van der Waals surface area contributed by atoms with Crippen molar-refractivity contribution in [3.63, 3.8) is 0 Å². The third-order valence-electron chi connectivity index (χ3n) is 4.96. The highest BCUT2D eigenvalue weighted by molar-refractivity contribution is 9.10. The van der Waals surface area contributed by atoms with Crippen LogP contribution in [0.25, 0.3) is 11.6 Å². The predicted molar refractivity (Wildman–Crippen MR) is 120 cm³/mol. The SMILES string of the molecule is COc1cc(/C=C2\C(=O)N(c3ccc(C)cc3)C(=O)c3ccccc32)cc(Br)c1O. The lowest BCUT2D eigenvalue weighted by molar-refractivity contribution is -0.112. The maximum atomic E-state index is 13.4. The van der Waals surface area contributed by atoms with Gasteiger partial charge in [0.05, 0.1) is 17.3 Å². The van der Waals surface area contributed by atoms with Gasteiger partial charge in [0.15, 0.2) is 11.5 Å². The number of halogens is 1. The Balaban J connectivity index is 1.90. The number of carbonyl (C=O) groups is 2. The first-order valence-corrected chi connectivity index (χ1v) is 10.0. The molecule has 6 heteroatoms. The number of aromatic hydroxyl groups is 1. The van der Waals surface area contributed by atoms with Crippen LogP contribution in [0.4, 0.5) is 5.69 Å². The summed E-state index contributed by atoms with van der Waals surface area (Å²) in [5.41, 5.74) is 3.60. The molecule has 0 spiro atoms. The molecular weight excluding hydrogens is 446 g/mol. The second-order valence-electron chi connectivity index (χ2n) is 6.94. The molecule has 1 aliphatic heterocycles. The summed E-state index contributed by atoms with van der Waals surface area (Å²) in [6.45, 7) is 1.94. The van der Waals surface area contributed by atoms with Crippen LogP contribution < -0.4 is 9.64 Å². The fourth-order valence-corrected chi connectivity index (χ4v) is 3.88. The zero-order valence-corrected chi connectivity index (χ0v) is 17.9. The third kappa shape index (κ3) is 3.39. The highest BCUT2D eigenvalue weighted by atomic mass is 79.9. The third-order valence-corrected chi connectivity index (χ3v) is 5.56. The van der Waals surface area contributed by atoms with Crippen LogP contribution in [0, 0.1) is 6.92 Å². The van der Waals surface area contributed by atoms with E-state index < -0.39 is 5.91 Å². The lowest BCUT2D eigenvalue weighted by Crippen LogP contribution is -2.41. The number of aryl methyl sites for hydroxylation is 1. The van der Waals surface area contributed by atoms with Crippen LogP contribution in [-0.2, 0) is 4.79 Å². The Morgan fingerprint density at radius 3 is 2.30 bits per heavy atom. The summed E-state index contributed by atoms with van der Waals surface area (Å²) < 4.78 is 5.65. The van der Waals surface area contributed by atoms with E-state index >= 15 is 0 Å². The number of hydrogen-bond donors (Lipinski definition) is 1. The number of benzene rings is 3. The number of methoxy groups -OCH3 is 1. The van der Waals surface area contributed by atoms with Crippen molar-refractivity contribution in [3.8, 4) is 11.5 Å². The van der Waals surface area contributed by atoms with Crippen LogP contribution >= 0.6 is 15.9 Å². The first kappa shape index (κ1) is 19.9. The monoisotopic (exact) mass is 463 g/mol. The van der Waals surface area contributed by atoms with E-state index in [2.05, 4.69) is 15.9 Å². The Labute approximate surface area is 182 Å². The van der Waals surface area contributed by atoms with Crippen LogP contribution in [0.15, 0.2) is 65.1 Å². The minimum atomic E-state index is -0.411. The van der Waals surface area contributed by atoms with E-state index in [0.717, 1.165) is 5.56 Å². The molecule has 0 radical (unpaired) electrons. The maximum absolute atomic E-state index is 13.4. The fraction of sp³-hybridized carbons (Fsp3) is 0.0833. The average molecular weight is 464 g/mol. The van der Waals surface area contributed by atoms with E-state index in [0.29, 0.717) is 32.4 Å². The van der Waals surface area contributed by atoms with Crippen molar-refractivity contribution < 1.29 is 19.4 Å². The van der Waals surface area contributed by atoms with Gasteiger partial charge in [-0.25, -0.2) is 4.90 Å². The van der Waals surface area contributed by atoms with Gasteiger partial charge in [-0.1, -0.05) is 35.9 Å². The van der Waals surface area contributed by atoms with Gasteiger partial charge in [0.2, 0.25) is 0 Å². The van der Waals surface area contributed by atoms with Crippen molar-refractivity contribution in [3.05, 3.63) is 87.4 Å². The summed E-state index contributed by atoms with van der Waals surface area (Å²) in [4.78, 5) is 27.8. The quantitative estimate of drug-likeness (QED) is 0.428. The molecule has 0 aromatic heterocycles. The van der Waals surface area contributed by atoms with E-state index in [1.54, 1.807) is 54.6 Å². The van der Waals surface area contributed by atoms with Crippen LogP contribution in [0.3, 0.4) is 0 Å². The molecule has 2 amide bonds. The number of phenolic OH excluding ortho intramolecular Hbond substituents is 1. The molecule has 1 aliphatic rings. The minimum Gasteiger partial charge on any atom is -0.503 e. The number of fused-ring (bicyclic) bond motifs is 1. The first-order valence-electron chi connectivity index (χ1n) is 9.23. The molecule has 4 rings (SSSR count). The summed E-state index contributed by atoms with van der Waals surface area (Å²) in [7, 11) is 1.46. The van der Waals surface area contributed by atoms with E-state index in [1.807, 2.05) is 19.1 Å². The Hall–Kier alpha value is -3.38. The number of nitrogens with zero attached hydrogens (tertiary/aromatic N) is 1. The van der Waals surface area contributed by atoms with Gasteiger partial charge in [-0.3, -0.25) is 9.59 Å². The Morgan fingerprint density at radius 1 is 0.967 bits per heavy atom. The Morgan fingerprint density at radius 2 is 1.63 bits per heavy atom. The van der Waals surface area contributed by atoms with Crippen LogP contribution in [-0.4, -0.2) is 24.0 Å². The molecule has 0 aliphatic carbocycles. The number of imide groups is 1. The van der Waals surface area contributed by atoms with Gasteiger partial charge in [-0.15, -0.1) is 0 Å². The van der Waals surface area contributed by atoms with Gasteiger partial charge in [0.25, 0.3) is 11.8 Å². The number of ether oxygens (including phenoxy) is 1. The normalized spacial score (nSPS) is 14.8. The van der Waals surface area contributed by atoms with Crippen molar-refractivity contribution in [2.75, 3.05) is 12.0 Å². The highest BCUT2D eigenvalue weighted by Gasteiger charge is 2.35. The zero-order chi connectivity index (χ0) is 21.4. The molecule has 1 heterocycles. The van der Waals surface area contributed by atoms with E-state index in [1.165, 1.54) is 12.0 Å². The van der Waals surface area contributed by atoms with Crippen molar-refractivity contribution in [2.45, 2.75) is 6.92 Å². The minimum absolute atomic E-state index is 0.0218. The molecule has 150 valence electrons. The molecule has 1 N–H and O–H groups in total. The van der Waals surface area contributed by atoms with E-state index in [4.69, 9.17) is 4.74 Å². The molecule has 0 bridgehead atoms. The van der Waals surface area contributed by atoms with E-state index in [-0.39, 0.29) is 17.4 Å². The summed E-state index contributed by atoms with van der Waals surface area (Å²) >= 11 is 3.31. The smallest absolute Gasteiger partial charge is 0.265 e. The van der Waals surface area contributed by atoms with Gasteiger partial charge in [-0.2, -0.15) is 0 Å². The molecule has 30 heavy (non-hydrogen) atoms. The van der Waals surface area contributed by atoms with Gasteiger partial charge < -0.3 is 9.84 Å². The lowest BCUT2D eigenvalue weighted by atomic mass is 9.91. The molecule has 0 saturated heterocycles. The Kier molecular flexibility index (Phi) is 5.18. The van der Waals surface area contributed by atoms with Gasteiger partial charge >= 0.3 is 0 Å². The molecular formula is C24H18BrNO4. The number of anilines is 1. The number of amides is 2. The van der Waals surface area contributed by atoms with Crippen LogP contribution in [0.1, 0.15) is 27.0 Å². The molecule has 0 fully saturated rings. The number of phenols is 1. The standard InChI is InChI=1S/C24H18BrNO4/c1-14-7-9-16(10-8-14)26-23(28)18-6-4-3-5-17(18)19(24(26)29)11-15-12-20(25)22(27)21(13-15)30-2/h3-13,27H,1-2H3/b19-11-. The van der Waals surface area contributed by atoms with Crippen LogP contribution in [0.5, 0.6) is 11.5 Å². The lowest BCUT2D eigenvalue weighted by Gasteiger charge is -2.28. The first-order chi connectivity index (χ1) is 14.4. The highest BCUT2D eigenvalue weighted by Crippen LogP contribution is 2.38. The van der Waals surface area contributed by atoms with Crippen molar-refractivity contribution in [2.24, 2.45) is 0 Å². The van der Waals surface area contributed by atoms with Crippen molar-refractivity contribution in [1.29, 1.82) is 0 Å². The summed E-state index contributed by atoms with van der Waals surface area (Å²) in [5, 5.41) is 10.1. The maximum Gasteiger partial charge on any atom is 0.265 e. The number of hydrogen-bond acceptors (Lipinski definition) is 4. The van der Waals surface area contributed by atoms with Crippen molar-refractivity contribution >= 4 is 45.1 Å². The van der Waals surface area contributed by atoms with Gasteiger partial charge in [0, 0.05) is 11.1 Å². The fourth-order valence-electron chi connectivity index (χ4n) is 3.42. The predicted octanol–water partition coefficient (Wildman–Crippen LogP) is 5.20. The second kappa shape index (κ2) is 7.80. The molecule has 3 aromatic carbocycles. The zero-order valence-electron chi connectivity index (χ0n) is 16.3. The van der Waals surface area contributed by atoms with Crippen molar-refractivity contribution in [1.82, 2.24) is 0 Å². The summed E-state index contributed by atoms with van der Waals surface area (Å²) in [6.07, 6.45) is 1.70. The second-order valence-corrected chi connectivity index (χ2v) is 7.79. The molecule has 0 atom stereocenters. The van der Waals surface area contributed by atoms with Crippen LogP contribution in [0.2, 0.25) is 0 Å². The molecule has 0 saturated carbocycles. The molecule has 3 aromatic rings. The summed E-state index contributed by atoms with van der Waals surface area (Å²) in [6, 6.07) is 17.6. The topological polar surface area (TPSA) is 66.8 Å². The number of carbonyl (C=O) groups excluding carboxylic acids is 2. The molecule has 5 nitrogen and oxygen atoms in total. The number of rotatable bonds is 3. The van der Waals surface area contributed by atoms with Gasteiger partial charge in [0.1, 0.15) is 0 Å². The average Bonchev–Trinajstić information content (AvgIpc) is 2.75. The largest absolute Gasteiger partial charge is 0.503 e. The Bertz CT molecular complexity index is 1200. The van der Waals surface area contributed by atoms with Gasteiger partial charge in [-0.05, 0) is 70.4 Å².